The van der Waals surface area contributed by atoms with Crippen molar-refractivity contribution in [2.24, 2.45) is 0 Å². The number of ketones is 1. The maximum Gasteiger partial charge on any atom is 0.295 e. The fraction of sp³-hybridized carbons (Fsp3) is 0.485. The van der Waals surface area contributed by atoms with Crippen molar-refractivity contribution in [3.8, 4) is 11.5 Å². The lowest BCUT2D eigenvalue weighted by molar-refractivity contribution is -0.140. The van der Waals surface area contributed by atoms with Crippen LogP contribution < -0.4 is 9.47 Å². The highest BCUT2D eigenvalue weighted by Crippen LogP contribution is 2.42. The number of aromatic nitrogens is 2. The summed E-state index contributed by atoms with van der Waals surface area (Å²) in [5, 5.41) is 11.7. The molecule has 0 radical (unpaired) electrons. The lowest BCUT2D eigenvalue weighted by Gasteiger charge is -2.27. The predicted octanol–water partition coefficient (Wildman–Crippen LogP) is 5.68. The minimum atomic E-state index is -0.795. The minimum absolute atomic E-state index is 0.0362. The monoisotopic (exact) mass is 576 g/mol. The van der Waals surface area contributed by atoms with Crippen LogP contribution in [0.3, 0.4) is 0 Å². The van der Waals surface area contributed by atoms with Gasteiger partial charge in [-0.05, 0) is 82.6 Å². The number of aryl methyl sites for hydroxylation is 2. The quantitative estimate of drug-likeness (QED) is 0.114. The van der Waals surface area contributed by atoms with Crippen LogP contribution in [0.5, 0.6) is 11.5 Å². The second-order valence-electron chi connectivity index (χ2n) is 10.6. The van der Waals surface area contributed by atoms with Crippen molar-refractivity contribution in [1.29, 1.82) is 0 Å². The SMILES string of the molecule is CCCCOc1ccc(C2C(=C(O)c3nc4c(C)cccn4c3C)C(=O)C(=O)N2CCCN(CC)CC)cc1OCC. The van der Waals surface area contributed by atoms with Gasteiger partial charge >= 0.3 is 0 Å². The molecule has 0 aliphatic carbocycles. The van der Waals surface area contributed by atoms with Gasteiger partial charge in [-0.3, -0.25) is 9.59 Å². The molecule has 3 heterocycles. The first-order valence-electron chi connectivity index (χ1n) is 15.1. The average molecular weight is 577 g/mol. The van der Waals surface area contributed by atoms with Gasteiger partial charge in [-0.1, -0.05) is 39.3 Å². The van der Waals surface area contributed by atoms with E-state index >= 15 is 0 Å². The molecule has 1 aromatic carbocycles. The lowest BCUT2D eigenvalue weighted by Crippen LogP contribution is -2.33. The van der Waals surface area contributed by atoms with E-state index in [1.54, 1.807) is 4.90 Å². The van der Waals surface area contributed by atoms with Crippen molar-refractivity contribution < 1.29 is 24.2 Å². The Bertz CT molecular complexity index is 1460. The number of carbonyl (C=O) groups excluding carboxylic acids is 2. The molecule has 3 aromatic rings. The summed E-state index contributed by atoms with van der Waals surface area (Å²) in [6.45, 7) is 16.0. The Morgan fingerprint density at radius 3 is 2.45 bits per heavy atom. The van der Waals surface area contributed by atoms with Gasteiger partial charge in [0, 0.05) is 12.7 Å². The molecule has 4 rings (SSSR count). The third kappa shape index (κ3) is 6.16. The Labute approximate surface area is 248 Å². The van der Waals surface area contributed by atoms with Crippen molar-refractivity contribution in [1.82, 2.24) is 19.2 Å². The second kappa shape index (κ2) is 13.9. The number of likely N-dealkylation sites (tertiary alicyclic amines) is 1. The summed E-state index contributed by atoms with van der Waals surface area (Å²) >= 11 is 0. The number of rotatable bonds is 14. The number of pyridine rings is 1. The summed E-state index contributed by atoms with van der Waals surface area (Å²) in [7, 11) is 0. The van der Waals surface area contributed by atoms with Crippen LogP contribution in [0, 0.1) is 13.8 Å². The maximum atomic E-state index is 13.7. The van der Waals surface area contributed by atoms with Gasteiger partial charge in [0.15, 0.2) is 17.3 Å². The van der Waals surface area contributed by atoms with Crippen LogP contribution >= 0.6 is 0 Å². The third-order valence-corrected chi connectivity index (χ3v) is 7.95. The molecule has 0 bridgehead atoms. The van der Waals surface area contributed by atoms with Gasteiger partial charge in [0.25, 0.3) is 11.7 Å². The predicted molar refractivity (Wildman–Crippen MR) is 164 cm³/mol. The van der Waals surface area contributed by atoms with E-state index in [2.05, 4.69) is 25.7 Å². The van der Waals surface area contributed by atoms with Crippen LogP contribution in [0.15, 0.2) is 42.1 Å². The van der Waals surface area contributed by atoms with Crippen LogP contribution in [0.25, 0.3) is 11.4 Å². The van der Waals surface area contributed by atoms with Crippen molar-refractivity contribution in [3.63, 3.8) is 0 Å². The zero-order valence-electron chi connectivity index (χ0n) is 25.8. The number of benzene rings is 1. The second-order valence-corrected chi connectivity index (χ2v) is 10.6. The maximum absolute atomic E-state index is 13.7. The summed E-state index contributed by atoms with van der Waals surface area (Å²) in [6, 6.07) is 8.56. The van der Waals surface area contributed by atoms with Gasteiger partial charge < -0.3 is 28.8 Å². The Kier molecular flexibility index (Phi) is 10.3. The smallest absolute Gasteiger partial charge is 0.295 e. The first-order valence-corrected chi connectivity index (χ1v) is 15.1. The minimum Gasteiger partial charge on any atom is -0.505 e. The van der Waals surface area contributed by atoms with Gasteiger partial charge in [0.1, 0.15) is 11.3 Å². The molecule has 226 valence electrons. The van der Waals surface area contributed by atoms with E-state index < -0.39 is 17.7 Å². The van der Waals surface area contributed by atoms with Gasteiger partial charge in [0.2, 0.25) is 0 Å². The number of nitrogens with zero attached hydrogens (tertiary/aromatic N) is 4. The molecule has 42 heavy (non-hydrogen) atoms. The Morgan fingerprint density at radius 1 is 1.02 bits per heavy atom. The highest BCUT2D eigenvalue weighted by atomic mass is 16.5. The van der Waals surface area contributed by atoms with Crippen molar-refractivity contribution in [3.05, 3.63) is 64.6 Å². The number of hydrogen-bond donors (Lipinski definition) is 1. The molecule has 9 nitrogen and oxygen atoms in total. The number of amides is 1. The van der Waals surface area contributed by atoms with E-state index in [9.17, 15) is 14.7 Å². The van der Waals surface area contributed by atoms with Gasteiger partial charge in [-0.2, -0.15) is 0 Å². The number of Topliss-reactive ketones (excluding diaryl/α,β-unsaturated/α-hetero) is 1. The molecule has 9 heteroatoms. The fourth-order valence-electron chi connectivity index (χ4n) is 5.54. The van der Waals surface area contributed by atoms with E-state index in [4.69, 9.17) is 14.5 Å². The Morgan fingerprint density at radius 2 is 1.79 bits per heavy atom. The van der Waals surface area contributed by atoms with Crippen molar-refractivity contribution >= 4 is 23.1 Å². The van der Waals surface area contributed by atoms with Crippen LogP contribution in [0.1, 0.15) is 75.5 Å². The largest absolute Gasteiger partial charge is 0.505 e. The number of imidazole rings is 1. The summed E-state index contributed by atoms with van der Waals surface area (Å²) in [5.41, 5.74) is 3.31. The summed E-state index contributed by atoms with van der Waals surface area (Å²) in [4.78, 5) is 35.8. The van der Waals surface area contributed by atoms with Crippen molar-refractivity contribution in [2.45, 2.75) is 66.8 Å². The van der Waals surface area contributed by atoms with Gasteiger partial charge in [0.05, 0.1) is 30.5 Å². The number of carbonyl (C=O) groups is 2. The molecule has 1 fully saturated rings. The highest BCUT2D eigenvalue weighted by Gasteiger charge is 2.46. The number of fused-ring (bicyclic) bond motifs is 1. The molecule has 1 unspecified atom stereocenters. The number of ether oxygens (including phenoxy) is 2. The molecular weight excluding hydrogens is 532 g/mol. The van der Waals surface area contributed by atoms with E-state index in [-0.39, 0.29) is 11.3 Å². The number of aliphatic hydroxyl groups is 1. The van der Waals surface area contributed by atoms with E-state index in [0.29, 0.717) is 60.3 Å². The number of unbranched alkanes of at least 4 members (excludes halogenated alkanes) is 1. The fourth-order valence-corrected chi connectivity index (χ4v) is 5.54. The normalized spacial score (nSPS) is 16.6. The molecule has 1 atom stereocenters. The molecule has 0 spiro atoms. The first-order chi connectivity index (χ1) is 20.3. The summed E-state index contributed by atoms with van der Waals surface area (Å²) < 4.78 is 13.8. The third-order valence-electron chi connectivity index (χ3n) is 7.95. The van der Waals surface area contributed by atoms with Crippen LogP contribution in [-0.2, 0) is 9.59 Å². The number of aliphatic hydroxyl groups excluding tert-OH is 1. The number of hydrogen-bond acceptors (Lipinski definition) is 7. The summed E-state index contributed by atoms with van der Waals surface area (Å²) in [6.07, 6.45) is 4.48. The molecule has 1 saturated heterocycles. The van der Waals surface area contributed by atoms with Crippen LogP contribution in [0.4, 0.5) is 0 Å². The van der Waals surface area contributed by atoms with Gasteiger partial charge in [-0.15, -0.1) is 0 Å². The Hall–Kier alpha value is -3.85. The average Bonchev–Trinajstić information content (AvgIpc) is 3.46. The molecule has 1 amide bonds. The highest BCUT2D eigenvalue weighted by molar-refractivity contribution is 6.46. The molecule has 1 N–H and O–H groups in total. The topological polar surface area (TPSA) is 96.6 Å². The molecule has 1 aliphatic heterocycles. The zero-order valence-corrected chi connectivity index (χ0v) is 25.8. The van der Waals surface area contributed by atoms with Gasteiger partial charge in [-0.25, -0.2) is 4.98 Å². The van der Waals surface area contributed by atoms with E-state index in [0.717, 1.165) is 38.0 Å². The molecular formula is C33H44N4O5. The van der Waals surface area contributed by atoms with Crippen LogP contribution in [-0.4, -0.2) is 75.4 Å². The Balaban J connectivity index is 1.83. The van der Waals surface area contributed by atoms with E-state index in [1.165, 1.54) is 0 Å². The molecule has 0 saturated carbocycles. The molecule has 2 aromatic heterocycles. The zero-order chi connectivity index (χ0) is 30.4. The van der Waals surface area contributed by atoms with Crippen LogP contribution in [0.2, 0.25) is 0 Å². The summed E-state index contributed by atoms with van der Waals surface area (Å²) in [5.74, 6) is -0.459. The van der Waals surface area contributed by atoms with E-state index in [1.807, 2.05) is 61.7 Å². The van der Waals surface area contributed by atoms with Crippen molar-refractivity contribution in [2.75, 3.05) is 39.4 Å². The standard InChI is InChI=1S/C33H44N4O5/c1-7-11-20-42-25-16-15-24(21-26(25)41-10-4)29-27(31(39)33(40)37(29)19-13-17-35(8-2)9-3)30(38)28-23(6)36-18-12-14-22(5)32(36)34-28/h12,14-16,18,21,29,38H,7-11,13,17,19-20H2,1-6H3. The lowest BCUT2D eigenvalue weighted by atomic mass is 9.96. The first kappa shape index (κ1) is 31.1. The molecule has 1 aliphatic rings.